The minimum absolute atomic E-state index is 0.0391. The summed E-state index contributed by atoms with van der Waals surface area (Å²) in [6.45, 7) is 2.03. The standard InChI is InChI=1S/C11H11ClIN3/c1-7(8-4-2-3-5-9(8)12)16-11(14)10(13)6-15-16/h2-7H,14H2,1H3. The fraction of sp³-hybridized carbons (Fsp3) is 0.182. The first-order valence-corrected chi connectivity index (χ1v) is 6.30. The van der Waals surface area contributed by atoms with Crippen LogP contribution in [0.2, 0.25) is 5.02 Å². The third-order valence-electron chi connectivity index (χ3n) is 2.51. The number of benzene rings is 1. The van der Waals surface area contributed by atoms with Crippen molar-refractivity contribution in [3.63, 3.8) is 0 Å². The van der Waals surface area contributed by atoms with Crippen LogP contribution in [0.4, 0.5) is 5.82 Å². The van der Waals surface area contributed by atoms with Crippen LogP contribution in [-0.4, -0.2) is 9.78 Å². The summed E-state index contributed by atoms with van der Waals surface area (Å²) in [6, 6.07) is 7.77. The zero-order valence-electron chi connectivity index (χ0n) is 8.69. The average molecular weight is 348 g/mol. The molecule has 84 valence electrons. The number of hydrogen-bond donors (Lipinski definition) is 1. The topological polar surface area (TPSA) is 43.8 Å². The lowest BCUT2D eigenvalue weighted by Crippen LogP contribution is -2.12. The Morgan fingerprint density at radius 3 is 2.69 bits per heavy atom. The fourth-order valence-corrected chi connectivity index (χ4v) is 2.27. The van der Waals surface area contributed by atoms with Crippen LogP contribution in [0.3, 0.4) is 0 Å². The molecular weight excluding hydrogens is 336 g/mol. The Bertz CT molecular complexity index is 510. The van der Waals surface area contributed by atoms with E-state index >= 15 is 0 Å². The average Bonchev–Trinajstić information content (AvgIpc) is 2.60. The van der Waals surface area contributed by atoms with Crippen molar-refractivity contribution in [2.45, 2.75) is 13.0 Å². The maximum Gasteiger partial charge on any atom is 0.135 e. The molecule has 2 rings (SSSR count). The molecule has 2 aromatic rings. The molecule has 0 saturated heterocycles. The maximum atomic E-state index is 6.14. The molecule has 0 amide bonds. The van der Waals surface area contributed by atoms with E-state index in [9.17, 15) is 0 Å². The first kappa shape index (κ1) is 11.7. The lowest BCUT2D eigenvalue weighted by molar-refractivity contribution is 0.573. The van der Waals surface area contributed by atoms with Crippen molar-refractivity contribution in [3.05, 3.63) is 44.6 Å². The summed E-state index contributed by atoms with van der Waals surface area (Å²) >= 11 is 8.31. The van der Waals surface area contributed by atoms with Crippen LogP contribution in [-0.2, 0) is 0 Å². The predicted octanol–water partition coefficient (Wildman–Crippen LogP) is 3.33. The number of nitrogens with two attached hydrogens (primary N) is 1. The van der Waals surface area contributed by atoms with E-state index in [4.69, 9.17) is 17.3 Å². The predicted molar refractivity (Wildman–Crippen MR) is 74.6 cm³/mol. The summed E-state index contributed by atoms with van der Waals surface area (Å²) in [6.07, 6.45) is 1.75. The van der Waals surface area contributed by atoms with Crippen LogP contribution in [0, 0.1) is 3.57 Å². The van der Waals surface area contributed by atoms with Gasteiger partial charge < -0.3 is 5.73 Å². The smallest absolute Gasteiger partial charge is 0.135 e. The third-order valence-corrected chi connectivity index (χ3v) is 3.68. The monoisotopic (exact) mass is 347 g/mol. The van der Waals surface area contributed by atoms with Gasteiger partial charge in [-0.3, -0.25) is 0 Å². The van der Waals surface area contributed by atoms with Crippen molar-refractivity contribution < 1.29 is 0 Å². The van der Waals surface area contributed by atoms with E-state index in [0.29, 0.717) is 5.82 Å². The van der Waals surface area contributed by atoms with Crippen molar-refractivity contribution in [2.75, 3.05) is 5.73 Å². The molecule has 1 aromatic carbocycles. The molecule has 2 N–H and O–H groups in total. The number of anilines is 1. The number of nitrogens with zero attached hydrogens (tertiary/aromatic N) is 2. The molecule has 1 atom stereocenters. The summed E-state index contributed by atoms with van der Waals surface area (Å²) in [7, 11) is 0. The molecule has 0 aliphatic rings. The lowest BCUT2D eigenvalue weighted by atomic mass is 10.1. The minimum Gasteiger partial charge on any atom is -0.383 e. The molecule has 0 fully saturated rings. The zero-order valence-corrected chi connectivity index (χ0v) is 11.6. The van der Waals surface area contributed by atoms with Crippen LogP contribution in [0.5, 0.6) is 0 Å². The first-order valence-electron chi connectivity index (χ1n) is 4.84. The Labute approximate surface area is 113 Å². The van der Waals surface area contributed by atoms with Gasteiger partial charge >= 0.3 is 0 Å². The summed E-state index contributed by atoms with van der Waals surface area (Å²) in [5.41, 5.74) is 6.96. The maximum absolute atomic E-state index is 6.14. The highest BCUT2D eigenvalue weighted by Gasteiger charge is 2.15. The molecule has 16 heavy (non-hydrogen) atoms. The first-order chi connectivity index (χ1) is 7.61. The van der Waals surface area contributed by atoms with Crippen molar-refractivity contribution >= 4 is 40.0 Å². The van der Waals surface area contributed by atoms with Crippen LogP contribution >= 0.6 is 34.2 Å². The lowest BCUT2D eigenvalue weighted by Gasteiger charge is -2.15. The van der Waals surface area contributed by atoms with Gasteiger partial charge in [0.2, 0.25) is 0 Å². The van der Waals surface area contributed by atoms with Crippen LogP contribution < -0.4 is 5.73 Å². The van der Waals surface area contributed by atoms with E-state index in [0.717, 1.165) is 14.2 Å². The molecule has 1 aromatic heterocycles. The molecule has 5 heteroatoms. The van der Waals surface area contributed by atoms with Gasteiger partial charge in [-0.25, -0.2) is 4.68 Å². The Balaban J connectivity index is 2.43. The van der Waals surface area contributed by atoms with E-state index in [1.165, 1.54) is 0 Å². The van der Waals surface area contributed by atoms with Gasteiger partial charge in [0.25, 0.3) is 0 Å². The number of nitrogen functional groups attached to an aromatic ring is 1. The van der Waals surface area contributed by atoms with Gasteiger partial charge in [-0.05, 0) is 41.1 Å². The normalized spacial score (nSPS) is 12.7. The van der Waals surface area contributed by atoms with E-state index < -0.39 is 0 Å². The third kappa shape index (κ3) is 2.04. The van der Waals surface area contributed by atoms with Gasteiger partial charge in [0.05, 0.1) is 15.8 Å². The second kappa shape index (κ2) is 4.63. The second-order valence-electron chi connectivity index (χ2n) is 3.52. The quantitative estimate of drug-likeness (QED) is 0.847. The van der Waals surface area contributed by atoms with Gasteiger partial charge in [-0.1, -0.05) is 29.8 Å². The van der Waals surface area contributed by atoms with E-state index in [2.05, 4.69) is 27.7 Å². The number of rotatable bonds is 2. The molecular formula is C11H11ClIN3. The number of halogens is 2. The van der Waals surface area contributed by atoms with Gasteiger partial charge in [-0.2, -0.15) is 5.10 Å². The Hall–Kier alpha value is -0.750. The number of hydrogen-bond acceptors (Lipinski definition) is 2. The van der Waals surface area contributed by atoms with Gasteiger partial charge in [0.15, 0.2) is 0 Å². The Morgan fingerprint density at radius 1 is 1.44 bits per heavy atom. The van der Waals surface area contributed by atoms with Crippen molar-refractivity contribution in [3.8, 4) is 0 Å². The molecule has 0 bridgehead atoms. The van der Waals surface area contributed by atoms with E-state index in [1.54, 1.807) is 10.9 Å². The van der Waals surface area contributed by atoms with Crippen molar-refractivity contribution in [1.29, 1.82) is 0 Å². The molecule has 0 radical (unpaired) electrons. The molecule has 0 aliphatic heterocycles. The molecule has 3 nitrogen and oxygen atoms in total. The summed E-state index contributed by atoms with van der Waals surface area (Å²) in [5.74, 6) is 0.674. The van der Waals surface area contributed by atoms with Crippen molar-refractivity contribution in [1.82, 2.24) is 9.78 Å². The Kier molecular flexibility index (Phi) is 3.39. The second-order valence-corrected chi connectivity index (χ2v) is 5.09. The van der Waals surface area contributed by atoms with Crippen LogP contribution in [0.15, 0.2) is 30.5 Å². The van der Waals surface area contributed by atoms with Crippen LogP contribution in [0.1, 0.15) is 18.5 Å². The molecule has 1 unspecified atom stereocenters. The largest absolute Gasteiger partial charge is 0.383 e. The molecule has 0 saturated carbocycles. The highest BCUT2D eigenvalue weighted by atomic mass is 127. The highest BCUT2D eigenvalue weighted by molar-refractivity contribution is 14.1. The zero-order chi connectivity index (χ0) is 11.7. The van der Waals surface area contributed by atoms with Gasteiger partial charge in [0.1, 0.15) is 5.82 Å². The van der Waals surface area contributed by atoms with Gasteiger partial charge in [0, 0.05) is 5.02 Å². The summed E-state index contributed by atoms with van der Waals surface area (Å²) in [5, 5.41) is 4.99. The molecule has 0 spiro atoms. The summed E-state index contributed by atoms with van der Waals surface area (Å²) < 4.78 is 2.74. The molecule has 1 heterocycles. The number of aromatic nitrogens is 2. The van der Waals surface area contributed by atoms with E-state index in [-0.39, 0.29) is 6.04 Å². The van der Waals surface area contributed by atoms with E-state index in [1.807, 2.05) is 31.2 Å². The molecule has 0 aliphatic carbocycles. The Morgan fingerprint density at radius 2 is 2.12 bits per heavy atom. The highest BCUT2D eigenvalue weighted by Crippen LogP contribution is 2.28. The van der Waals surface area contributed by atoms with Crippen LogP contribution in [0.25, 0.3) is 0 Å². The minimum atomic E-state index is 0.0391. The fourth-order valence-electron chi connectivity index (χ4n) is 1.60. The summed E-state index contributed by atoms with van der Waals surface area (Å²) in [4.78, 5) is 0. The van der Waals surface area contributed by atoms with Crippen molar-refractivity contribution in [2.24, 2.45) is 0 Å². The SMILES string of the molecule is CC(c1ccccc1Cl)n1ncc(I)c1N. The van der Waals surface area contributed by atoms with Gasteiger partial charge in [-0.15, -0.1) is 0 Å².